The second kappa shape index (κ2) is 4.37. The topological polar surface area (TPSA) is 89.5 Å². The van der Waals surface area contributed by atoms with E-state index in [2.05, 4.69) is 4.28 Å². The zero-order valence-electron chi connectivity index (χ0n) is 10.3. The van der Waals surface area contributed by atoms with E-state index in [9.17, 15) is 31.2 Å². The molecule has 3 aliphatic rings. The third-order valence-corrected chi connectivity index (χ3v) is 5.13. The lowest BCUT2D eigenvalue weighted by atomic mass is 9.85. The van der Waals surface area contributed by atoms with Crippen LogP contribution in [0.3, 0.4) is 0 Å². The van der Waals surface area contributed by atoms with Gasteiger partial charge in [0, 0.05) is 11.8 Å². The summed E-state index contributed by atoms with van der Waals surface area (Å²) in [4.78, 5) is 24.2. The first-order valence-corrected chi connectivity index (χ1v) is 7.55. The molecule has 116 valence electrons. The Bertz CT molecular complexity index is 611. The van der Waals surface area contributed by atoms with Gasteiger partial charge in [-0.1, -0.05) is 12.2 Å². The SMILES string of the molecule is O=C1C(NOS(=O)(=O)C(F)(F)F)C(=O)C2C3C=CC(C3)C12. The van der Waals surface area contributed by atoms with Crippen LogP contribution in [0.25, 0.3) is 0 Å². The van der Waals surface area contributed by atoms with E-state index in [0.717, 1.165) is 0 Å². The van der Waals surface area contributed by atoms with Crippen molar-refractivity contribution in [3.63, 3.8) is 0 Å². The fraction of sp³-hybridized carbons (Fsp3) is 0.636. The highest BCUT2D eigenvalue weighted by Crippen LogP contribution is 2.52. The summed E-state index contributed by atoms with van der Waals surface area (Å²) in [6.07, 6.45) is 4.29. The standard InChI is InChI=1S/C11H10F3NO5S/c12-11(13,14)21(18,19)20-15-8-9(16)6-4-1-2-5(3-4)7(6)10(8)17/h1-2,4-8,15H,3H2. The van der Waals surface area contributed by atoms with Gasteiger partial charge in [-0.25, -0.2) is 0 Å². The Balaban J connectivity index is 1.74. The zero-order valence-corrected chi connectivity index (χ0v) is 11.1. The molecule has 10 heteroatoms. The second-order valence-corrected chi connectivity index (χ2v) is 6.88. The lowest BCUT2D eigenvalue weighted by molar-refractivity contribution is -0.129. The minimum atomic E-state index is -5.90. The number of ketones is 2. The van der Waals surface area contributed by atoms with E-state index in [1.807, 2.05) is 12.2 Å². The van der Waals surface area contributed by atoms with Crippen molar-refractivity contribution in [1.29, 1.82) is 0 Å². The predicted octanol–water partition coefficient (Wildman–Crippen LogP) is 0.316. The maximum absolute atomic E-state index is 12.1. The molecule has 21 heavy (non-hydrogen) atoms. The van der Waals surface area contributed by atoms with Crippen LogP contribution in [-0.4, -0.2) is 31.5 Å². The molecular weight excluding hydrogens is 315 g/mol. The molecule has 3 rings (SSSR count). The van der Waals surface area contributed by atoms with Gasteiger partial charge in [0.2, 0.25) is 0 Å². The molecule has 0 radical (unpaired) electrons. The molecule has 0 heterocycles. The normalized spacial score (nSPS) is 38.3. The number of halogens is 3. The molecule has 2 fully saturated rings. The van der Waals surface area contributed by atoms with Gasteiger partial charge >= 0.3 is 15.6 Å². The number of allylic oxidation sites excluding steroid dienone is 2. The van der Waals surface area contributed by atoms with Crippen molar-refractivity contribution in [2.75, 3.05) is 0 Å². The number of hydrogen-bond donors (Lipinski definition) is 1. The molecule has 0 amide bonds. The Kier molecular flexibility index (Phi) is 3.05. The van der Waals surface area contributed by atoms with Gasteiger partial charge in [-0.05, 0) is 18.3 Å². The van der Waals surface area contributed by atoms with Crippen LogP contribution >= 0.6 is 0 Å². The molecular formula is C11H10F3NO5S. The van der Waals surface area contributed by atoms with Gasteiger partial charge in [0.25, 0.3) is 0 Å². The van der Waals surface area contributed by atoms with E-state index in [-0.39, 0.29) is 11.8 Å². The molecule has 0 aliphatic heterocycles. The van der Waals surface area contributed by atoms with Crippen LogP contribution in [0, 0.1) is 23.7 Å². The van der Waals surface area contributed by atoms with E-state index >= 15 is 0 Å². The maximum Gasteiger partial charge on any atom is 0.524 e. The van der Waals surface area contributed by atoms with E-state index in [0.29, 0.717) is 6.42 Å². The number of hydrogen-bond acceptors (Lipinski definition) is 6. The van der Waals surface area contributed by atoms with Crippen molar-refractivity contribution >= 4 is 21.7 Å². The van der Waals surface area contributed by atoms with Crippen molar-refractivity contribution < 1.29 is 35.5 Å². The summed E-state index contributed by atoms with van der Waals surface area (Å²) in [5.74, 6) is -2.63. The highest BCUT2D eigenvalue weighted by Gasteiger charge is 2.60. The van der Waals surface area contributed by atoms with E-state index in [1.54, 1.807) is 0 Å². The minimum absolute atomic E-state index is 0.109. The first-order valence-electron chi connectivity index (χ1n) is 6.14. The van der Waals surface area contributed by atoms with Crippen LogP contribution in [0.1, 0.15) is 6.42 Å². The highest BCUT2D eigenvalue weighted by molar-refractivity contribution is 7.87. The first kappa shape index (κ1) is 14.7. The summed E-state index contributed by atoms with van der Waals surface area (Å²) in [6, 6.07) is -1.66. The van der Waals surface area contributed by atoms with Crippen LogP contribution in [-0.2, 0) is 24.0 Å². The van der Waals surface area contributed by atoms with Gasteiger partial charge in [-0.2, -0.15) is 31.4 Å². The molecule has 2 saturated carbocycles. The van der Waals surface area contributed by atoms with Crippen LogP contribution < -0.4 is 5.48 Å². The average Bonchev–Trinajstić information content (AvgIpc) is 3.01. The number of carbonyl (C=O) groups excluding carboxylic acids is 2. The Hall–Kier alpha value is -1.26. The van der Waals surface area contributed by atoms with Crippen molar-refractivity contribution in [3.05, 3.63) is 12.2 Å². The van der Waals surface area contributed by atoms with Gasteiger partial charge in [0.15, 0.2) is 17.6 Å². The molecule has 4 atom stereocenters. The van der Waals surface area contributed by atoms with Crippen LogP contribution in [0.5, 0.6) is 0 Å². The Morgan fingerprint density at radius 3 is 2.00 bits per heavy atom. The minimum Gasteiger partial charge on any atom is -0.297 e. The number of fused-ring (bicyclic) bond motifs is 5. The fourth-order valence-corrected chi connectivity index (χ4v) is 3.72. The molecule has 0 spiro atoms. The van der Waals surface area contributed by atoms with Gasteiger partial charge in [-0.15, -0.1) is 0 Å². The van der Waals surface area contributed by atoms with Crippen molar-refractivity contribution in [2.45, 2.75) is 18.0 Å². The van der Waals surface area contributed by atoms with E-state index in [1.165, 1.54) is 5.48 Å². The van der Waals surface area contributed by atoms with Crippen molar-refractivity contribution in [1.82, 2.24) is 5.48 Å². The van der Waals surface area contributed by atoms with Crippen LogP contribution in [0.15, 0.2) is 12.2 Å². The number of hydroxylamine groups is 1. The van der Waals surface area contributed by atoms with Gasteiger partial charge in [-0.3, -0.25) is 9.59 Å². The molecule has 0 aromatic carbocycles. The lowest BCUT2D eigenvalue weighted by Gasteiger charge is -2.16. The monoisotopic (exact) mass is 325 g/mol. The van der Waals surface area contributed by atoms with Crippen molar-refractivity contribution in [3.8, 4) is 0 Å². The molecule has 4 unspecified atom stereocenters. The third kappa shape index (κ3) is 2.04. The summed E-state index contributed by atoms with van der Waals surface area (Å²) >= 11 is 0. The summed E-state index contributed by atoms with van der Waals surface area (Å²) in [5.41, 5.74) is -4.13. The van der Waals surface area contributed by atoms with Crippen LogP contribution in [0.2, 0.25) is 0 Å². The molecule has 0 aromatic rings. The quantitative estimate of drug-likeness (QED) is 0.348. The van der Waals surface area contributed by atoms with Gasteiger partial charge < -0.3 is 0 Å². The molecule has 6 nitrogen and oxygen atoms in total. The number of carbonyl (C=O) groups is 2. The van der Waals surface area contributed by atoms with Crippen molar-refractivity contribution in [2.24, 2.45) is 23.7 Å². The smallest absolute Gasteiger partial charge is 0.297 e. The molecule has 2 bridgehead atoms. The first-order chi connectivity index (χ1) is 9.63. The predicted molar refractivity (Wildman–Crippen MR) is 60.7 cm³/mol. The van der Waals surface area contributed by atoms with E-state index in [4.69, 9.17) is 0 Å². The summed E-state index contributed by atoms with van der Waals surface area (Å²) in [6.45, 7) is 0. The van der Waals surface area contributed by atoms with Gasteiger partial charge in [0.1, 0.15) is 0 Å². The second-order valence-electron chi connectivity index (χ2n) is 5.34. The summed E-state index contributed by atoms with van der Waals surface area (Å²) in [7, 11) is -5.90. The van der Waals surface area contributed by atoms with E-state index < -0.39 is 45.1 Å². The molecule has 0 saturated heterocycles. The lowest BCUT2D eigenvalue weighted by Crippen LogP contribution is -2.44. The largest absolute Gasteiger partial charge is 0.524 e. The number of alkyl halides is 3. The maximum atomic E-state index is 12.1. The molecule has 1 N–H and O–H groups in total. The number of nitrogens with one attached hydrogen (secondary N) is 1. The zero-order chi connectivity index (χ0) is 15.6. The van der Waals surface area contributed by atoms with Gasteiger partial charge in [0.05, 0.1) is 0 Å². The summed E-state index contributed by atoms with van der Waals surface area (Å²) < 4.78 is 61.5. The number of Topliss-reactive ketones (excluding diaryl/α,β-unsaturated/α-hetero) is 2. The summed E-state index contributed by atoms with van der Waals surface area (Å²) in [5, 5.41) is 0. The highest BCUT2D eigenvalue weighted by atomic mass is 32.2. The Morgan fingerprint density at radius 1 is 1.10 bits per heavy atom. The van der Waals surface area contributed by atoms with Crippen LogP contribution in [0.4, 0.5) is 13.2 Å². The molecule has 3 aliphatic carbocycles. The average molecular weight is 325 g/mol. The Morgan fingerprint density at radius 2 is 1.57 bits per heavy atom. The Labute approximate surface area is 117 Å². The molecule has 0 aromatic heterocycles. The third-order valence-electron chi connectivity index (χ3n) is 4.24. The number of rotatable bonds is 3. The fourth-order valence-electron chi connectivity index (χ4n) is 3.40.